The fraction of sp³-hybridized carbons (Fsp3) is 0.739. The molecule has 1 heterocycles. The van der Waals surface area contributed by atoms with Gasteiger partial charge in [-0.3, -0.25) is 0 Å². The van der Waals surface area contributed by atoms with Gasteiger partial charge in [0.05, 0.1) is 6.61 Å². The number of ether oxygens (including phenoxy) is 1. The van der Waals surface area contributed by atoms with E-state index in [0.29, 0.717) is 5.41 Å². The van der Waals surface area contributed by atoms with Crippen molar-refractivity contribution in [2.45, 2.75) is 64.2 Å². The fourth-order valence-corrected chi connectivity index (χ4v) is 5.80. The van der Waals surface area contributed by atoms with Crippen LogP contribution < -0.4 is 4.74 Å². The number of nitrogens with zero attached hydrogens (tertiary/aromatic N) is 1. The quantitative estimate of drug-likeness (QED) is 0.559. The molecule has 27 heavy (non-hydrogen) atoms. The van der Waals surface area contributed by atoms with Crippen LogP contribution in [0.2, 0.25) is 0 Å². The first-order valence-electron chi connectivity index (χ1n) is 10.8. The number of hydrogen-bond donors (Lipinski definition) is 0. The maximum absolute atomic E-state index is 12.9. The number of halogens is 2. The van der Waals surface area contributed by atoms with E-state index in [9.17, 15) is 4.39 Å². The van der Waals surface area contributed by atoms with Crippen molar-refractivity contribution >= 4 is 12.4 Å². The second-order valence-electron chi connectivity index (χ2n) is 9.04. The molecule has 2 unspecified atom stereocenters. The van der Waals surface area contributed by atoms with Crippen molar-refractivity contribution < 1.29 is 9.13 Å². The summed E-state index contributed by atoms with van der Waals surface area (Å²) in [4.78, 5) is 2.63. The van der Waals surface area contributed by atoms with Crippen molar-refractivity contribution in [1.82, 2.24) is 4.90 Å². The largest absolute Gasteiger partial charge is 0.494 e. The van der Waals surface area contributed by atoms with Gasteiger partial charge in [-0.2, -0.15) is 0 Å². The first-order valence-corrected chi connectivity index (χ1v) is 10.8. The Hall–Kier alpha value is -0.800. The minimum absolute atomic E-state index is 0. The molecule has 0 radical (unpaired) electrons. The van der Waals surface area contributed by atoms with Crippen molar-refractivity contribution in [2.75, 3.05) is 26.2 Å². The van der Waals surface area contributed by atoms with Gasteiger partial charge in [-0.1, -0.05) is 25.7 Å². The summed E-state index contributed by atoms with van der Waals surface area (Å²) in [6, 6.07) is 6.34. The summed E-state index contributed by atoms with van der Waals surface area (Å²) >= 11 is 0. The molecule has 0 aromatic heterocycles. The second kappa shape index (κ2) is 9.60. The van der Waals surface area contributed by atoms with E-state index in [1.807, 2.05) is 0 Å². The molecule has 4 heteroatoms. The summed E-state index contributed by atoms with van der Waals surface area (Å²) in [5.74, 6) is 2.68. The highest BCUT2D eigenvalue weighted by Gasteiger charge is 2.42. The van der Waals surface area contributed by atoms with Gasteiger partial charge in [-0.25, -0.2) is 4.39 Å². The molecule has 2 atom stereocenters. The van der Waals surface area contributed by atoms with Crippen molar-refractivity contribution in [2.24, 2.45) is 17.3 Å². The highest BCUT2D eigenvalue weighted by molar-refractivity contribution is 5.85. The van der Waals surface area contributed by atoms with Crippen LogP contribution in [0, 0.1) is 23.1 Å². The highest BCUT2D eigenvalue weighted by Crippen LogP contribution is 2.52. The second-order valence-corrected chi connectivity index (χ2v) is 9.04. The molecule has 4 rings (SSSR count). The minimum atomic E-state index is -0.207. The molecule has 1 saturated heterocycles. The number of benzene rings is 1. The van der Waals surface area contributed by atoms with Crippen LogP contribution in [0.25, 0.3) is 0 Å². The fourth-order valence-electron chi connectivity index (χ4n) is 5.80. The van der Waals surface area contributed by atoms with Gasteiger partial charge in [0.2, 0.25) is 0 Å². The number of piperidine rings is 1. The van der Waals surface area contributed by atoms with Crippen molar-refractivity contribution in [3.05, 3.63) is 30.1 Å². The third-order valence-electron chi connectivity index (χ3n) is 7.42. The highest BCUT2D eigenvalue weighted by atomic mass is 35.5. The molecule has 0 bridgehead atoms. The van der Waals surface area contributed by atoms with Crippen LogP contribution in [0.4, 0.5) is 4.39 Å². The maximum atomic E-state index is 12.9. The predicted molar refractivity (Wildman–Crippen MR) is 111 cm³/mol. The van der Waals surface area contributed by atoms with Crippen LogP contribution in [0.5, 0.6) is 5.75 Å². The van der Waals surface area contributed by atoms with E-state index in [0.717, 1.165) is 37.2 Å². The first-order chi connectivity index (χ1) is 12.7. The van der Waals surface area contributed by atoms with Gasteiger partial charge in [-0.15, -0.1) is 12.4 Å². The summed E-state index contributed by atoms with van der Waals surface area (Å²) < 4.78 is 18.6. The molecule has 152 valence electrons. The molecule has 0 N–H and O–H groups in total. The zero-order valence-corrected chi connectivity index (χ0v) is 17.3. The summed E-state index contributed by atoms with van der Waals surface area (Å²) in [5, 5.41) is 0. The molecule has 3 fully saturated rings. The Labute approximate surface area is 170 Å². The van der Waals surface area contributed by atoms with E-state index in [1.165, 1.54) is 83.0 Å². The van der Waals surface area contributed by atoms with Gasteiger partial charge >= 0.3 is 0 Å². The van der Waals surface area contributed by atoms with Crippen LogP contribution in [-0.2, 0) is 0 Å². The summed E-state index contributed by atoms with van der Waals surface area (Å²) in [6.07, 6.45) is 14.4. The van der Waals surface area contributed by atoms with Crippen molar-refractivity contribution in [3.8, 4) is 5.75 Å². The molecule has 0 amide bonds. The molecule has 2 nitrogen and oxygen atoms in total. The lowest BCUT2D eigenvalue weighted by molar-refractivity contribution is 0.00557. The number of fused-ring (bicyclic) bond motifs is 1. The van der Waals surface area contributed by atoms with Crippen LogP contribution in [0.1, 0.15) is 64.2 Å². The molecule has 2 saturated carbocycles. The number of rotatable bonds is 5. The van der Waals surface area contributed by atoms with Crippen LogP contribution in [-0.4, -0.2) is 31.1 Å². The molecule has 3 aliphatic rings. The third-order valence-corrected chi connectivity index (χ3v) is 7.42. The summed E-state index contributed by atoms with van der Waals surface area (Å²) in [6.45, 7) is 4.39. The summed E-state index contributed by atoms with van der Waals surface area (Å²) in [5.41, 5.74) is 0.680. The Kier molecular flexibility index (Phi) is 7.44. The van der Waals surface area contributed by atoms with Crippen LogP contribution >= 0.6 is 12.4 Å². The molecule has 1 spiro atoms. The topological polar surface area (TPSA) is 12.5 Å². The Balaban J connectivity index is 0.00000210. The molecule has 1 aromatic carbocycles. The molecule has 1 aromatic rings. The normalized spacial score (nSPS) is 27.6. The van der Waals surface area contributed by atoms with E-state index in [4.69, 9.17) is 4.74 Å². The molecule has 1 aliphatic heterocycles. The van der Waals surface area contributed by atoms with E-state index < -0.39 is 0 Å². The lowest BCUT2D eigenvalue weighted by atomic mass is 9.58. The Morgan fingerprint density at radius 3 is 2.41 bits per heavy atom. The lowest BCUT2D eigenvalue weighted by Crippen LogP contribution is -2.45. The average molecular weight is 396 g/mol. The molecule has 2 aliphatic carbocycles. The van der Waals surface area contributed by atoms with Gasteiger partial charge in [0.15, 0.2) is 0 Å². The third kappa shape index (κ3) is 5.38. The molecular weight excluding hydrogens is 361 g/mol. The average Bonchev–Trinajstić information content (AvgIpc) is 2.68. The van der Waals surface area contributed by atoms with Gasteiger partial charge in [0.1, 0.15) is 11.6 Å². The number of hydrogen-bond acceptors (Lipinski definition) is 2. The zero-order valence-electron chi connectivity index (χ0n) is 16.5. The van der Waals surface area contributed by atoms with Gasteiger partial charge in [-0.05, 0) is 93.1 Å². The van der Waals surface area contributed by atoms with E-state index in [2.05, 4.69) is 4.90 Å². The first kappa shape index (κ1) is 20.9. The maximum Gasteiger partial charge on any atom is 0.123 e. The summed E-state index contributed by atoms with van der Waals surface area (Å²) in [7, 11) is 0. The Morgan fingerprint density at radius 1 is 0.963 bits per heavy atom. The van der Waals surface area contributed by atoms with Crippen molar-refractivity contribution in [3.63, 3.8) is 0 Å². The zero-order chi connectivity index (χ0) is 17.8. The monoisotopic (exact) mass is 395 g/mol. The van der Waals surface area contributed by atoms with Crippen LogP contribution in [0.3, 0.4) is 0 Å². The van der Waals surface area contributed by atoms with Crippen molar-refractivity contribution in [1.29, 1.82) is 0 Å². The smallest absolute Gasteiger partial charge is 0.123 e. The lowest BCUT2D eigenvalue weighted by Gasteiger charge is -2.50. The SMILES string of the molecule is Cl.Fc1ccc(OCCCN2CCC3(CCC4CCCCC4C3)CC2)cc1. The van der Waals surface area contributed by atoms with Gasteiger partial charge < -0.3 is 9.64 Å². The Morgan fingerprint density at radius 2 is 1.67 bits per heavy atom. The van der Waals surface area contributed by atoms with E-state index in [-0.39, 0.29) is 18.2 Å². The number of likely N-dealkylation sites (tertiary alicyclic amines) is 1. The van der Waals surface area contributed by atoms with Crippen LogP contribution in [0.15, 0.2) is 24.3 Å². The Bertz CT molecular complexity index is 570. The van der Waals surface area contributed by atoms with E-state index >= 15 is 0 Å². The van der Waals surface area contributed by atoms with E-state index in [1.54, 1.807) is 12.1 Å². The van der Waals surface area contributed by atoms with Gasteiger partial charge in [0.25, 0.3) is 0 Å². The molecular formula is C23H35ClFNO. The predicted octanol–water partition coefficient (Wildman–Crippen LogP) is 6.09. The van der Waals surface area contributed by atoms with Gasteiger partial charge in [0, 0.05) is 6.54 Å². The minimum Gasteiger partial charge on any atom is -0.494 e. The standard InChI is InChI=1S/C23H34FNO.ClH/c24-21-6-8-22(9-7-21)26-17-3-14-25-15-12-23(13-16-25)11-10-19-4-1-2-5-20(19)18-23;/h6-9,19-20H,1-5,10-18H2;1H.